The number of aldehydes is 1. The van der Waals surface area contributed by atoms with Crippen molar-refractivity contribution in [3.05, 3.63) is 58.6 Å². The molecule has 0 spiro atoms. The summed E-state index contributed by atoms with van der Waals surface area (Å²) in [5.41, 5.74) is 2.10. The first kappa shape index (κ1) is 12.6. The SMILES string of the molecule is O=Cc1ccc(O)c(C=Cc2nc3ccccc3s2)c1. The highest BCUT2D eigenvalue weighted by Gasteiger charge is 2.02. The Bertz CT molecular complexity index is 772. The Morgan fingerprint density at radius 1 is 1.10 bits per heavy atom. The van der Waals surface area contributed by atoms with Crippen molar-refractivity contribution in [3.63, 3.8) is 0 Å². The molecule has 3 aromatic rings. The van der Waals surface area contributed by atoms with Gasteiger partial charge in [-0.25, -0.2) is 4.98 Å². The monoisotopic (exact) mass is 281 g/mol. The summed E-state index contributed by atoms with van der Waals surface area (Å²) in [4.78, 5) is 15.2. The zero-order chi connectivity index (χ0) is 13.9. The van der Waals surface area contributed by atoms with Crippen molar-refractivity contribution in [2.75, 3.05) is 0 Å². The number of aromatic nitrogens is 1. The lowest BCUT2D eigenvalue weighted by Gasteiger charge is -1.99. The highest BCUT2D eigenvalue weighted by Crippen LogP contribution is 2.25. The number of carbonyl (C=O) groups excluding carboxylic acids is 1. The topological polar surface area (TPSA) is 50.2 Å². The first-order chi connectivity index (χ1) is 9.76. The highest BCUT2D eigenvalue weighted by molar-refractivity contribution is 7.19. The Balaban J connectivity index is 1.95. The number of para-hydroxylation sites is 1. The Hall–Kier alpha value is -2.46. The molecule has 4 heteroatoms. The molecule has 0 fully saturated rings. The number of rotatable bonds is 3. The van der Waals surface area contributed by atoms with E-state index in [-0.39, 0.29) is 5.75 Å². The van der Waals surface area contributed by atoms with E-state index in [0.717, 1.165) is 21.5 Å². The second-order valence-corrected chi connectivity index (χ2v) is 5.35. The molecule has 0 bridgehead atoms. The van der Waals surface area contributed by atoms with Crippen LogP contribution in [-0.4, -0.2) is 16.4 Å². The summed E-state index contributed by atoms with van der Waals surface area (Å²) in [6.07, 6.45) is 4.36. The Kier molecular flexibility index (Phi) is 3.31. The molecule has 0 saturated carbocycles. The molecule has 1 N–H and O–H groups in total. The van der Waals surface area contributed by atoms with E-state index in [2.05, 4.69) is 4.98 Å². The fraction of sp³-hybridized carbons (Fsp3) is 0. The zero-order valence-electron chi connectivity index (χ0n) is 10.5. The third-order valence-corrected chi connectivity index (χ3v) is 3.91. The number of aromatic hydroxyl groups is 1. The molecule has 98 valence electrons. The molecule has 0 aliphatic rings. The van der Waals surface area contributed by atoms with Gasteiger partial charge in [-0.15, -0.1) is 11.3 Å². The van der Waals surface area contributed by atoms with Crippen LogP contribution >= 0.6 is 11.3 Å². The third-order valence-electron chi connectivity index (χ3n) is 2.90. The van der Waals surface area contributed by atoms with E-state index in [1.165, 1.54) is 6.07 Å². The molecular formula is C16H11NO2S. The maximum absolute atomic E-state index is 10.7. The van der Waals surface area contributed by atoms with Crippen LogP contribution in [0.1, 0.15) is 20.9 Å². The lowest BCUT2D eigenvalue weighted by atomic mass is 10.1. The van der Waals surface area contributed by atoms with Crippen molar-refractivity contribution >= 4 is 40.0 Å². The number of benzene rings is 2. The molecule has 0 unspecified atom stereocenters. The minimum atomic E-state index is 0.146. The van der Waals surface area contributed by atoms with Crippen LogP contribution in [0.15, 0.2) is 42.5 Å². The van der Waals surface area contributed by atoms with Crippen LogP contribution in [0.2, 0.25) is 0 Å². The molecule has 20 heavy (non-hydrogen) atoms. The van der Waals surface area contributed by atoms with Crippen molar-refractivity contribution in [2.45, 2.75) is 0 Å². The molecule has 0 atom stereocenters. The van der Waals surface area contributed by atoms with Gasteiger partial charge in [-0.05, 0) is 42.5 Å². The number of thiazole rings is 1. The van der Waals surface area contributed by atoms with Gasteiger partial charge in [0, 0.05) is 11.1 Å². The molecule has 0 aliphatic carbocycles. The molecule has 0 amide bonds. The lowest BCUT2D eigenvalue weighted by molar-refractivity contribution is 0.112. The van der Waals surface area contributed by atoms with E-state index in [0.29, 0.717) is 11.1 Å². The average Bonchev–Trinajstić information content (AvgIpc) is 2.89. The van der Waals surface area contributed by atoms with Crippen LogP contribution < -0.4 is 0 Å². The molecule has 0 aliphatic heterocycles. The van der Waals surface area contributed by atoms with E-state index in [4.69, 9.17) is 0 Å². The first-order valence-electron chi connectivity index (χ1n) is 6.08. The molecule has 3 rings (SSSR count). The van der Waals surface area contributed by atoms with Crippen LogP contribution in [0, 0.1) is 0 Å². The zero-order valence-corrected chi connectivity index (χ0v) is 11.3. The maximum atomic E-state index is 10.7. The minimum absolute atomic E-state index is 0.146. The largest absolute Gasteiger partial charge is 0.507 e. The predicted molar refractivity (Wildman–Crippen MR) is 82.0 cm³/mol. The summed E-state index contributed by atoms with van der Waals surface area (Å²) < 4.78 is 1.12. The van der Waals surface area contributed by atoms with Crippen molar-refractivity contribution in [2.24, 2.45) is 0 Å². The highest BCUT2D eigenvalue weighted by atomic mass is 32.1. The van der Waals surface area contributed by atoms with Gasteiger partial charge in [-0.2, -0.15) is 0 Å². The summed E-state index contributed by atoms with van der Waals surface area (Å²) in [6.45, 7) is 0. The maximum Gasteiger partial charge on any atom is 0.150 e. The Labute approximate surface area is 119 Å². The molecule has 0 saturated heterocycles. The standard InChI is InChI=1S/C16H11NO2S/c18-10-11-5-7-14(19)12(9-11)6-8-16-17-13-3-1-2-4-15(13)20-16/h1-10,19H. The number of carbonyl (C=O) groups is 1. The summed E-state index contributed by atoms with van der Waals surface area (Å²) in [5, 5.41) is 10.6. The summed E-state index contributed by atoms with van der Waals surface area (Å²) in [5.74, 6) is 0.146. The van der Waals surface area contributed by atoms with Crippen molar-refractivity contribution in [1.82, 2.24) is 4.98 Å². The number of hydrogen-bond acceptors (Lipinski definition) is 4. The van der Waals surface area contributed by atoms with Gasteiger partial charge in [0.05, 0.1) is 10.2 Å². The van der Waals surface area contributed by atoms with E-state index in [1.807, 2.05) is 30.3 Å². The average molecular weight is 281 g/mol. The van der Waals surface area contributed by atoms with Crippen LogP contribution in [-0.2, 0) is 0 Å². The molecular weight excluding hydrogens is 270 g/mol. The van der Waals surface area contributed by atoms with E-state index >= 15 is 0 Å². The quantitative estimate of drug-likeness (QED) is 0.739. The van der Waals surface area contributed by atoms with Gasteiger partial charge in [-0.3, -0.25) is 4.79 Å². The Morgan fingerprint density at radius 2 is 1.95 bits per heavy atom. The van der Waals surface area contributed by atoms with Gasteiger partial charge in [0.2, 0.25) is 0 Å². The van der Waals surface area contributed by atoms with Crippen molar-refractivity contribution in [1.29, 1.82) is 0 Å². The smallest absolute Gasteiger partial charge is 0.150 e. The third kappa shape index (κ3) is 2.46. The van der Waals surface area contributed by atoms with Gasteiger partial charge in [0.25, 0.3) is 0 Å². The summed E-state index contributed by atoms with van der Waals surface area (Å²) in [7, 11) is 0. The predicted octanol–water partition coefficient (Wildman–Crippen LogP) is 3.98. The van der Waals surface area contributed by atoms with E-state index < -0.39 is 0 Å². The Morgan fingerprint density at radius 3 is 2.75 bits per heavy atom. The molecule has 3 nitrogen and oxygen atoms in total. The number of phenols is 1. The van der Waals surface area contributed by atoms with Crippen LogP contribution in [0.4, 0.5) is 0 Å². The number of nitrogens with zero attached hydrogens (tertiary/aromatic N) is 1. The number of fused-ring (bicyclic) bond motifs is 1. The van der Waals surface area contributed by atoms with Gasteiger partial charge < -0.3 is 5.11 Å². The molecule has 1 heterocycles. The van der Waals surface area contributed by atoms with E-state index in [1.54, 1.807) is 29.5 Å². The van der Waals surface area contributed by atoms with Gasteiger partial charge >= 0.3 is 0 Å². The van der Waals surface area contributed by atoms with E-state index in [9.17, 15) is 9.90 Å². The second-order valence-electron chi connectivity index (χ2n) is 4.29. The lowest BCUT2D eigenvalue weighted by Crippen LogP contribution is -1.81. The number of phenolic OH excluding ortho intramolecular Hbond substituents is 1. The van der Waals surface area contributed by atoms with Gasteiger partial charge in [0.15, 0.2) is 0 Å². The minimum Gasteiger partial charge on any atom is -0.507 e. The molecule has 1 aromatic heterocycles. The normalized spacial score (nSPS) is 11.2. The van der Waals surface area contributed by atoms with Gasteiger partial charge in [0.1, 0.15) is 17.0 Å². The van der Waals surface area contributed by atoms with Crippen LogP contribution in [0.5, 0.6) is 5.75 Å². The second kappa shape index (κ2) is 5.27. The van der Waals surface area contributed by atoms with Crippen molar-refractivity contribution < 1.29 is 9.90 Å². The molecule has 2 aromatic carbocycles. The van der Waals surface area contributed by atoms with Crippen LogP contribution in [0.3, 0.4) is 0 Å². The van der Waals surface area contributed by atoms with Crippen LogP contribution in [0.25, 0.3) is 22.4 Å². The fourth-order valence-electron chi connectivity index (χ4n) is 1.90. The summed E-state index contributed by atoms with van der Waals surface area (Å²) >= 11 is 1.58. The molecule has 0 radical (unpaired) electrons. The van der Waals surface area contributed by atoms with Crippen molar-refractivity contribution in [3.8, 4) is 5.75 Å². The van der Waals surface area contributed by atoms with Gasteiger partial charge in [-0.1, -0.05) is 12.1 Å². The first-order valence-corrected chi connectivity index (χ1v) is 6.90. The fourth-order valence-corrected chi connectivity index (χ4v) is 2.77. The number of hydrogen-bond donors (Lipinski definition) is 1. The summed E-state index contributed by atoms with van der Waals surface area (Å²) in [6, 6.07) is 12.7.